The van der Waals surface area contributed by atoms with Gasteiger partial charge in [-0.2, -0.15) is 4.98 Å². The fourth-order valence-corrected chi connectivity index (χ4v) is 3.93. The summed E-state index contributed by atoms with van der Waals surface area (Å²) < 4.78 is 5.87. The van der Waals surface area contributed by atoms with Crippen molar-refractivity contribution in [2.24, 2.45) is 5.92 Å². The van der Waals surface area contributed by atoms with E-state index in [-0.39, 0.29) is 11.8 Å². The van der Waals surface area contributed by atoms with Crippen LogP contribution in [-0.4, -0.2) is 30.0 Å². The molecule has 0 bridgehead atoms. The van der Waals surface area contributed by atoms with E-state index >= 15 is 0 Å². The zero-order valence-electron chi connectivity index (χ0n) is 14.0. The number of nitrogens with zero attached hydrogens (tertiary/aromatic N) is 2. The Morgan fingerprint density at radius 2 is 1.96 bits per heavy atom. The van der Waals surface area contributed by atoms with E-state index in [1.165, 1.54) is 19.3 Å². The molecule has 0 spiro atoms. The highest BCUT2D eigenvalue weighted by Crippen LogP contribution is 2.27. The Morgan fingerprint density at radius 1 is 1.12 bits per heavy atom. The number of oxazole rings is 1. The molecule has 2 heterocycles. The van der Waals surface area contributed by atoms with Gasteiger partial charge in [-0.05, 0) is 37.8 Å². The molecule has 1 aromatic heterocycles. The summed E-state index contributed by atoms with van der Waals surface area (Å²) in [4.78, 5) is 19.3. The third-order valence-corrected chi connectivity index (χ3v) is 5.30. The second-order valence-electron chi connectivity index (χ2n) is 7.09. The van der Waals surface area contributed by atoms with Crippen molar-refractivity contribution in [3.63, 3.8) is 0 Å². The summed E-state index contributed by atoms with van der Waals surface area (Å²) >= 11 is 0. The van der Waals surface area contributed by atoms with Gasteiger partial charge in [-0.3, -0.25) is 4.79 Å². The lowest BCUT2D eigenvalue weighted by molar-refractivity contribution is -0.126. The second-order valence-corrected chi connectivity index (χ2v) is 7.09. The van der Waals surface area contributed by atoms with E-state index in [9.17, 15) is 4.79 Å². The van der Waals surface area contributed by atoms with Gasteiger partial charge < -0.3 is 14.6 Å². The first-order valence-corrected chi connectivity index (χ1v) is 9.20. The van der Waals surface area contributed by atoms with Crippen LogP contribution in [-0.2, 0) is 4.79 Å². The quantitative estimate of drug-likeness (QED) is 0.937. The first-order chi connectivity index (χ1) is 11.8. The maximum Gasteiger partial charge on any atom is 0.298 e. The summed E-state index contributed by atoms with van der Waals surface area (Å²) in [5.41, 5.74) is 1.68. The van der Waals surface area contributed by atoms with Crippen LogP contribution in [0.25, 0.3) is 11.1 Å². The Morgan fingerprint density at radius 3 is 2.79 bits per heavy atom. The fourth-order valence-electron chi connectivity index (χ4n) is 3.93. The number of piperidine rings is 1. The Kier molecular flexibility index (Phi) is 4.41. The number of hydrogen-bond donors (Lipinski definition) is 1. The minimum Gasteiger partial charge on any atom is -0.423 e. The van der Waals surface area contributed by atoms with E-state index in [4.69, 9.17) is 4.42 Å². The maximum atomic E-state index is 12.6. The van der Waals surface area contributed by atoms with E-state index < -0.39 is 0 Å². The Hall–Kier alpha value is -2.04. The molecule has 1 aliphatic carbocycles. The summed E-state index contributed by atoms with van der Waals surface area (Å²) in [6.45, 7) is 1.60. The highest BCUT2D eigenvalue weighted by Gasteiger charge is 2.29. The summed E-state index contributed by atoms with van der Waals surface area (Å²) in [6, 6.07) is 8.83. The summed E-state index contributed by atoms with van der Waals surface area (Å²) in [6.07, 6.45) is 8.01. The molecule has 5 heteroatoms. The van der Waals surface area contributed by atoms with Gasteiger partial charge >= 0.3 is 0 Å². The normalized spacial score (nSPS) is 22.7. The lowest BCUT2D eigenvalue weighted by atomic mass is 9.93. The number of carbonyl (C=O) groups excluding carboxylic acids is 1. The Labute approximate surface area is 142 Å². The van der Waals surface area contributed by atoms with Crippen LogP contribution in [0.1, 0.15) is 44.9 Å². The number of aromatic nitrogens is 1. The lowest BCUT2D eigenvalue weighted by Gasteiger charge is -2.32. The number of rotatable bonds is 3. The van der Waals surface area contributed by atoms with Gasteiger partial charge in [0.25, 0.3) is 6.01 Å². The fraction of sp³-hybridized carbons (Fsp3) is 0.579. The van der Waals surface area contributed by atoms with Crippen molar-refractivity contribution in [3.05, 3.63) is 24.3 Å². The van der Waals surface area contributed by atoms with Crippen molar-refractivity contribution in [1.82, 2.24) is 10.3 Å². The van der Waals surface area contributed by atoms with Gasteiger partial charge in [0.05, 0.1) is 5.92 Å². The predicted molar refractivity (Wildman–Crippen MR) is 94.0 cm³/mol. The van der Waals surface area contributed by atoms with Gasteiger partial charge in [0.2, 0.25) is 5.91 Å². The second kappa shape index (κ2) is 6.83. The standard InChI is InChI=1S/C19H25N3O2/c23-18(20-15-8-2-1-3-9-15)14-7-6-12-22(13-14)19-21-16-10-4-5-11-17(16)24-19/h4-5,10-11,14-15H,1-3,6-9,12-13H2,(H,20,23). The molecule has 1 aliphatic heterocycles. The number of benzene rings is 1. The molecular formula is C19H25N3O2. The van der Waals surface area contributed by atoms with Crippen molar-refractivity contribution >= 4 is 23.0 Å². The molecule has 4 rings (SSSR count). The lowest BCUT2D eigenvalue weighted by Crippen LogP contribution is -2.46. The van der Waals surface area contributed by atoms with Crippen LogP contribution in [0.3, 0.4) is 0 Å². The highest BCUT2D eigenvalue weighted by molar-refractivity contribution is 5.80. The van der Waals surface area contributed by atoms with Crippen LogP contribution in [0, 0.1) is 5.92 Å². The van der Waals surface area contributed by atoms with E-state index in [0.29, 0.717) is 18.6 Å². The van der Waals surface area contributed by atoms with Crippen LogP contribution in [0.2, 0.25) is 0 Å². The molecule has 1 N–H and O–H groups in total. The molecule has 5 nitrogen and oxygen atoms in total. The number of fused-ring (bicyclic) bond motifs is 1. The molecule has 24 heavy (non-hydrogen) atoms. The van der Waals surface area contributed by atoms with Gasteiger partial charge in [-0.15, -0.1) is 0 Å². The van der Waals surface area contributed by atoms with Crippen molar-refractivity contribution in [1.29, 1.82) is 0 Å². The molecule has 1 unspecified atom stereocenters. The van der Waals surface area contributed by atoms with Crippen LogP contribution in [0.4, 0.5) is 6.01 Å². The van der Waals surface area contributed by atoms with E-state index in [1.54, 1.807) is 0 Å². The molecule has 2 aromatic rings. The zero-order valence-corrected chi connectivity index (χ0v) is 14.0. The third kappa shape index (κ3) is 3.25. The minimum absolute atomic E-state index is 0.0377. The van der Waals surface area contributed by atoms with Crippen LogP contribution >= 0.6 is 0 Å². The molecule has 1 aromatic carbocycles. The van der Waals surface area contributed by atoms with Crippen LogP contribution < -0.4 is 10.2 Å². The van der Waals surface area contributed by atoms with Gasteiger partial charge in [-0.1, -0.05) is 31.4 Å². The average molecular weight is 327 g/mol. The van der Waals surface area contributed by atoms with E-state index in [0.717, 1.165) is 43.3 Å². The number of para-hydroxylation sites is 2. The smallest absolute Gasteiger partial charge is 0.298 e. The molecule has 128 valence electrons. The van der Waals surface area contributed by atoms with Gasteiger partial charge in [0, 0.05) is 19.1 Å². The Balaban J connectivity index is 1.42. The first-order valence-electron chi connectivity index (χ1n) is 9.20. The number of nitrogens with one attached hydrogen (secondary N) is 1. The largest absolute Gasteiger partial charge is 0.423 e. The predicted octanol–water partition coefficient (Wildman–Crippen LogP) is 3.49. The number of hydrogen-bond acceptors (Lipinski definition) is 4. The first kappa shape index (κ1) is 15.5. The minimum atomic E-state index is 0.0377. The van der Waals surface area contributed by atoms with Crippen LogP contribution in [0.5, 0.6) is 0 Å². The van der Waals surface area contributed by atoms with Crippen LogP contribution in [0.15, 0.2) is 28.7 Å². The average Bonchev–Trinajstić information content (AvgIpc) is 3.07. The summed E-state index contributed by atoms with van der Waals surface area (Å²) in [7, 11) is 0. The van der Waals surface area contributed by atoms with Crippen molar-refractivity contribution < 1.29 is 9.21 Å². The van der Waals surface area contributed by atoms with E-state index in [1.807, 2.05) is 24.3 Å². The molecule has 1 saturated carbocycles. The summed E-state index contributed by atoms with van der Waals surface area (Å²) in [5, 5.41) is 3.27. The molecule has 2 fully saturated rings. The maximum absolute atomic E-state index is 12.6. The van der Waals surface area contributed by atoms with Crippen molar-refractivity contribution in [3.8, 4) is 0 Å². The third-order valence-electron chi connectivity index (χ3n) is 5.30. The zero-order chi connectivity index (χ0) is 16.4. The molecular weight excluding hydrogens is 302 g/mol. The monoisotopic (exact) mass is 327 g/mol. The molecule has 1 amide bonds. The SMILES string of the molecule is O=C(NC1CCCCC1)C1CCCN(c2nc3ccccc3o2)C1. The molecule has 0 radical (unpaired) electrons. The molecule has 1 atom stereocenters. The number of carbonyl (C=O) groups is 1. The van der Waals surface area contributed by atoms with Crippen molar-refractivity contribution in [2.45, 2.75) is 51.0 Å². The Bertz CT molecular complexity index is 672. The number of anilines is 1. The molecule has 1 saturated heterocycles. The number of amides is 1. The van der Waals surface area contributed by atoms with E-state index in [2.05, 4.69) is 15.2 Å². The summed E-state index contributed by atoms with van der Waals surface area (Å²) in [5.74, 6) is 0.249. The highest BCUT2D eigenvalue weighted by atomic mass is 16.4. The topological polar surface area (TPSA) is 58.4 Å². The molecule has 2 aliphatic rings. The van der Waals surface area contributed by atoms with Gasteiger partial charge in [0.15, 0.2) is 5.58 Å². The van der Waals surface area contributed by atoms with Crippen molar-refractivity contribution in [2.75, 3.05) is 18.0 Å². The van der Waals surface area contributed by atoms with Gasteiger partial charge in [-0.25, -0.2) is 0 Å². The van der Waals surface area contributed by atoms with Gasteiger partial charge in [0.1, 0.15) is 5.52 Å².